The quantitative estimate of drug-likeness (QED) is 0.0261. The zero-order chi connectivity index (χ0) is 59.9. The van der Waals surface area contributed by atoms with Crippen LogP contribution in [0.15, 0.2) is 194 Å². The van der Waals surface area contributed by atoms with Crippen molar-refractivity contribution in [3.05, 3.63) is 194 Å². The van der Waals surface area contributed by atoms with Gasteiger partial charge in [-0.1, -0.05) is 267 Å². The molecule has 0 aliphatic rings. The molecule has 0 saturated carbocycles. The normalized spacial score (nSPS) is 13.4. The van der Waals surface area contributed by atoms with Crippen LogP contribution in [0.2, 0.25) is 0 Å². The lowest BCUT2D eigenvalue weighted by Gasteiger charge is -2.18. The highest BCUT2D eigenvalue weighted by atomic mass is 16.6. The average Bonchev–Trinajstić information content (AvgIpc) is 3.49. The first-order valence-electron chi connectivity index (χ1n) is 32.9. The third kappa shape index (κ3) is 66.9. The Hall–Kier alpha value is -5.75. The van der Waals surface area contributed by atoms with Crippen molar-refractivity contribution < 1.29 is 28.6 Å². The zero-order valence-electron chi connectivity index (χ0n) is 52.9. The third-order valence-electron chi connectivity index (χ3n) is 13.1. The maximum Gasteiger partial charge on any atom is 0.306 e. The van der Waals surface area contributed by atoms with Crippen LogP contribution in [0, 0.1) is 0 Å². The van der Waals surface area contributed by atoms with Crippen molar-refractivity contribution in [1.82, 2.24) is 0 Å². The molecule has 83 heavy (non-hydrogen) atoms. The smallest absolute Gasteiger partial charge is 0.306 e. The number of hydrogen-bond acceptors (Lipinski definition) is 6. The predicted octanol–water partition coefficient (Wildman–Crippen LogP) is 23.0. The van der Waals surface area contributed by atoms with Crippen molar-refractivity contribution in [2.75, 3.05) is 13.2 Å². The van der Waals surface area contributed by atoms with Crippen molar-refractivity contribution in [3.8, 4) is 0 Å². The van der Waals surface area contributed by atoms with Crippen LogP contribution in [0.3, 0.4) is 0 Å². The molecule has 0 radical (unpaired) electrons. The van der Waals surface area contributed by atoms with Crippen LogP contribution in [0.4, 0.5) is 0 Å². The van der Waals surface area contributed by atoms with E-state index >= 15 is 0 Å². The average molecular weight is 1140 g/mol. The zero-order valence-corrected chi connectivity index (χ0v) is 52.9. The van der Waals surface area contributed by atoms with Crippen LogP contribution in [-0.2, 0) is 28.6 Å². The van der Waals surface area contributed by atoms with Crippen LogP contribution in [-0.4, -0.2) is 37.2 Å². The molecule has 1 unspecified atom stereocenters. The first kappa shape index (κ1) is 77.2. The molecule has 0 aromatic carbocycles. The van der Waals surface area contributed by atoms with Gasteiger partial charge in [0, 0.05) is 19.3 Å². The van der Waals surface area contributed by atoms with Gasteiger partial charge in [0.05, 0.1) is 0 Å². The minimum atomic E-state index is -0.824. The molecule has 0 rings (SSSR count). The van der Waals surface area contributed by atoms with E-state index in [1.165, 1.54) is 19.3 Å². The van der Waals surface area contributed by atoms with Gasteiger partial charge in [0.25, 0.3) is 0 Å². The van der Waals surface area contributed by atoms with Crippen molar-refractivity contribution in [1.29, 1.82) is 0 Å². The number of carbonyl (C=O) groups is 3. The molecular weight excluding hydrogens is 1020 g/mol. The molecule has 0 spiro atoms. The second-order valence-electron chi connectivity index (χ2n) is 20.9. The molecule has 0 aliphatic heterocycles. The van der Waals surface area contributed by atoms with Gasteiger partial charge in [-0.05, 0) is 161 Å². The van der Waals surface area contributed by atoms with Gasteiger partial charge in [-0.15, -0.1) is 0 Å². The number of ether oxygens (including phenoxy) is 3. The second-order valence-corrected chi connectivity index (χ2v) is 20.9. The van der Waals surface area contributed by atoms with E-state index in [1.807, 2.05) is 0 Å². The Labute approximate surface area is 509 Å². The molecule has 0 aromatic heterocycles. The Morgan fingerprint density at radius 3 is 0.699 bits per heavy atom. The summed E-state index contributed by atoms with van der Waals surface area (Å²) in [6.45, 7) is 6.23. The summed E-state index contributed by atoms with van der Waals surface area (Å²) in [6.07, 6.45) is 104. The van der Waals surface area contributed by atoms with Gasteiger partial charge in [0.15, 0.2) is 6.10 Å². The summed E-state index contributed by atoms with van der Waals surface area (Å²) in [5, 5.41) is 0. The summed E-state index contributed by atoms with van der Waals surface area (Å²) < 4.78 is 16.9. The number of carbonyl (C=O) groups excluding carboxylic acids is 3. The van der Waals surface area contributed by atoms with E-state index in [0.29, 0.717) is 19.3 Å². The first-order valence-corrected chi connectivity index (χ1v) is 32.9. The maximum atomic E-state index is 12.9. The van der Waals surface area contributed by atoms with Crippen LogP contribution in [0.5, 0.6) is 0 Å². The second kappa shape index (κ2) is 68.7. The first-order chi connectivity index (χ1) is 41.0. The van der Waals surface area contributed by atoms with Gasteiger partial charge in [0.2, 0.25) is 0 Å². The minimum absolute atomic E-state index is 0.117. The standard InChI is InChI=1S/C77H118O6/c1-4-7-10-13-16-19-22-25-28-30-32-34-36-37-38-39-41-42-44-46-49-52-55-58-61-64-67-70-76(79)82-73-74(72-81-75(78)69-66-63-60-57-54-51-48-27-24-21-18-15-12-9-6-3)83-77(80)71-68-65-62-59-56-53-50-47-45-43-40-35-33-31-29-26-23-20-17-14-11-8-5-2/h7-12,16-21,25-29,32-35,37-38,41-43,45-46,48-49,54,57,74H,4-6,13-15,22-24,30-31,36,39-40,44,47,50-53,55-56,58-73H2,1-3H3/b10-7-,11-8-,12-9-,19-16-,20-17-,21-18-,28-25-,29-26-,34-32-,35-33-,38-37-,42-41-,45-43-,48-27-,49-46-,57-54-. The fraction of sp³-hybridized carbons (Fsp3) is 0.545. The predicted molar refractivity (Wildman–Crippen MR) is 361 cm³/mol. The van der Waals surface area contributed by atoms with E-state index in [4.69, 9.17) is 14.2 Å². The fourth-order valence-electron chi connectivity index (χ4n) is 8.26. The number of hydrogen-bond donors (Lipinski definition) is 0. The molecule has 0 aliphatic carbocycles. The number of allylic oxidation sites excluding steroid dienone is 32. The lowest BCUT2D eigenvalue weighted by atomic mass is 10.1. The molecule has 0 heterocycles. The van der Waals surface area contributed by atoms with E-state index in [1.54, 1.807) is 0 Å². The van der Waals surface area contributed by atoms with Gasteiger partial charge in [-0.2, -0.15) is 0 Å². The Morgan fingerprint density at radius 1 is 0.241 bits per heavy atom. The Kier molecular flexibility index (Phi) is 64.0. The monoisotopic (exact) mass is 1140 g/mol. The fourth-order valence-corrected chi connectivity index (χ4v) is 8.26. The van der Waals surface area contributed by atoms with Crippen LogP contribution >= 0.6 is 0 Å². The summed E-state index contributed by atoms with van der Waals surface area (Å²) in [5.74, 6) is -0.996. The Bertz CT molecular complexity index is 1990. The van der Waals surface area contributed by atoms with Crippen molar-refractivity contribution >= 4 is 17.9 Å². The molecule has 0 N–H and O–H groups in total. The van der Waals surface area contributed by atoms with E-state index in [-0.39, 0.29) is 37.5 Å². The van der Waals surface area contributed by atoms with Crippen LogP contribution in [0.25, 0.3) is 0 Å². The summed E-state index contributed by atoms with van der Waals surface area (Å²) in [5.41, 5.74) is 0. The van der Waals surface area contributed by atoms with E-state index in [9.17, 15) is 14.4 Å². The molecule has 0 aromatic rings. The maximum absolute atomic E-state index is 12.9. The largest absolute Gasteiger partial charge is 0.462 e. The topological polar surface area (TPSA) is 78.9 Å². The summed E-state index contributed by atoms with van der Waals surface area (Å²) in [4.78, 5) is 38.4. The van der Waals surface area contributed by atoms with E-state index in [2.05, 4.69) is 215 Å². The van der Waals surface area contributed by atoms with E-state index in [0.717, 1.165) is 186 Å². The van der Waals surface area contributed by atoms with Gasteiger partial charge in [-0.25, -0.2) is 0 Å². The molecule has 462 valence electrons. The van der Waals surface area contributed by atoms with Crippen LogP contribution in [0.1, 0.15) is 252 Å². The Morgan fingerprint density at radius 2 is 0.434 bits per heavy atom. The molecule has 0 amide bonds. The van der Waals surface area contributed by atoms with Gasteiger partial charge >= 0.3 is 17.9 Å². The highest BCUT2D eigenvalue weighted by Gasteiger charge is 2.19. The number of unbranched alkanes of at least 4 members (excludes halogenated alkanes) is 14. The van der Waals surface area contributed by atoms with Gasteiger partial charge < -0.3 is 14.2 Å². The van der Waals surface area contributed by atoms with Crippen molar-refractivity contribution in [2.45, 2.75) is 258 Å². The lowest BCUT2D eigenvalue weighted by molar-refractivity contribution is -0.167. The Balaban J connectivity index is 4.51. The molecule has 0 bridgehead atoms. The third-order valence-corrected chi connectivity index (χ3v) is 13.1. The molecule has 6 nitrogen and oxygen atoms in total. The molecule has 6 heteroatoms. The SMILES string of the molecule is CC/C=C\C/C=C\C/C=C\C/C=C\C/C=C\C/C=C\C/C=C\CCCCCCCC(=O)OCC(COC(=O)CCCC/C=C\C/C=C\C/C=C\C/C=C\CC)OC(=O)CCCCCCCCC/C=C\C/C=C\C/C=C\C/C=C\C/C=C\CC. The summed E-state index contributed by atoms with van der Waals surface area (Å²) in [7, 11) is 0. The van der Waals surface area contributed by atoms with Crippen molar-refractivity contribution in [2.24, 2.45) is 0 Å². The molecular formula is C77H118O6. The number of rotatable bonds is 57. The summed E-state index contributed by atoms with van der Waals surface area (Å²) in [6, 6.07) is 0. The summed E-state index contributed by atoms with van der Waals surface area (Å²) >= 11 is 0. The van der Waals surface area contributed by atoms with E-state index < -0.39 is 6.10 Å². The van der Waals surface area contributed by atoms with Crippen molar-refractivity contribution in [3.63, 3.8) is 0 Å². The molecule has 0 fully saturated rings. The molecule has 0 saturated heterocycles. The minimum Gasteiger partial charge on any atom is -0.462 e. The van der Waals surface area contributed by atoms with Crippen LogP contribution < -0.4 is 0 Å². The van der Waals surface area contributed by atoms with Gasteiger partial charge in [-0.3, -0.25) is 14.4 Å². The highest BCUT2D eigenvalue weighted by molar-refractivity contribution is 5.71. The van der Waals surface area contributed by atoms with Gasteiger partial charge in [0.1, 0.15) is 13.2 Å². The highest BCUT2D eigenvalue weighted by Crippen LogP contribution is 2.14. The molecule has 1 atom stereocenters. The number of esters is 3. The lowest BCUT2D eigenvalue weighted by Crippen LogP contribution is -2.30.